The summed E-state index contributed by atoms with van der Waals surface area (Å²) in [5.41, 5.74) is -0.595. The first-order valence-electron chi connectivity index (χ1n) is 11.9. The highest BCUT2D eigenvalue weighted by Gasteiger charge is 2.31. The highest BCUT2D eigenvalue weighted by molar-refractivity contribution is 5.89. The molecule has 30 heavy (non-hydrogen) atoms. The van der Waals surface area contributed by atoms with E-state index in [0.29, 0.717) is 13.0 Å². The predicted octanol–water partition coefficient (Wildman–Crippen LogP) is 6.37. The maximum absolute atomic E-state index is 11.9. The molecule has 6 nitrogen and oxygen atoms in total. The van der Waals surface area contributed by atoms with Gasteiger partial charge in [0, 0.05) is 6.54 Å². The van der Waals surface area contributed by atoms with Crippen molar-refractivity contribution in [3.05, 3.63) is 0 Å². The molecule has 1 aliphatic rings. The Labute approximate surface area is 187 Å². The van der Waals surface area contributed by atoms with Crippen molar-refractivity contribution in [2.45, 2.75) is 127 Å². The summed E-state index contributed by atoms with van der Waals surface area (Å²) < 4.78 is 5.04. The van der Waals surface area contributed by atoms with E-state index in [1.54, 1.807) is 20.8 Å². The minimum absolute atomic E-state index is 0.0110. The number of ketones is 1. The second kappa shape index (κ2) is 23.7. The van der Waals surface area contributed by atoms with E-state index < -0.39 is 11.7 Å². The molecule has 1 fully saturated rings. The fraction of sp³-hybridized carbons (Fsp3) is 0.875. The van der Waals surface area contributed by atoms with Gasteiger partial charge in [-0.15, -0.1) is 0 Å². The third-order valence-electron chi connectivity index (χ3n) is 3.53. The number of hydrogen-bond acceptors (Lipinski definition) is 4. The van der Waals surface area contributed by atoms with Crippen LogP contribution in [0.15, 0.2) is 0 Å². The van der Waals surface area contributed by atoms with E-state index in [2.05, 4.69) is 19.2 Å². The molecule has 0 bridgehead atoms. The topological polar surface area (TPSA) is 75.7 Å². The highest BCUT2D eigenvalue weighted by Crippen LogP contribution is 2.17. The molecule has 0 radical (unpaired) electrons. The quantitative estimate of drug-likeness (QED) is 0.548. The zero-order chi connectivity index (χ0) is 24.8. The summed E-state index contributed by atoms with van der Waals surface area (Å²) in [6, 6.07) is -0.340. The van der Waals surface area contributed by atoms with Crippen molar-refractivity contribution in [1.29, 1.82) is 0 Å². The van der Waals surface area contributed by atoms with Crippen LogP contribution in [0.2, 0.25) is 0 Å². The van der Waals surface area contributed by atoms with E-state index in [9.17, 15) is 14.4 Å². The molecule has 6 heteroatoms. The molecule has 1 saturated heterocycles. The molecule has 0 saturated carbocycles. The number of hydrogen-bond donors (Lipinski definition) is 1. The Balaban J connectivity index is -0.000000259. The first-order chi connectivity index (χ1) is 14.1. The van der Waals surface area contributed by atoms with E-state index in [0.717, 1.165) is 6.42 Å². The van der Waals surface area contributed by atoms with Gasteiger partial charge in [-0.2, -0.15) is 0 Å². The highest BCUT2D eigenvalue weighted by atomic mass is 16.6. The van der Waals surface area contributed by atoms with Gasteiger partial charge < -0.3 is 15.0 Å². The number of Topliss-reactive ketones (excluding diaryl/α,β-unsaturated/α-hetero) is 1. The number of amides is 2. The third kappa shape index (κ3) is 21.1. The van der Waals surface area contributed by atoms with Crippen LogP contribution in [0.4, 0.5) is 4.79 Å². The van der Waals surface area contributed by atoms with Crippen molar-refractivity contribution in [2.75, 3.05) is 13.1 Å². The van der Waals surface area contributed by atoms with Crippen molar-refractivity contribution in [1.82, 2.24) is 10.2 Å². The van der Waals surface area contributed by atoms with Crippen LogP contribution in [0, 0.1) is 0 Å². The molecule has 1 heterocycles. The summed E-state index contributed by atoms with van der Waals surface area (Å²) in [5, 5.41) is 2.41. The Morgan fingerprint density at radius 2 is 1.43 bits per heavy atom. The summed E-state index contributed by atoms with van der Waals surface area (Å²) in [6.45, 7) is 23.6. The zero-order valence-corrected chi connectivity index (χ0v) is 22.1. The second-order valence-electron chi connectivity index (χ2n) is 7.06. The Kier molecular flexibility index (Phi) is 28.3. The lowest BCUT2D eigenvalue weighted by Crippen LogP contribution is -2.45. The van der Waals surface area contributed by atoms with E-state index in [4.69, 9.17) is 4.74 Å². The van der Waals surface area contributed by atoms with Gasteiger partial charge in [0.05, 0.1) is 6.04 Å². The molecule has 0 unspecified atom stereocenters. The smallest absolute Gasteiger partial charge is 0.408 e. The number of nitrogens with one attached hydrogen (secondary N) is 1. The monoisotopic (exact) mass is 432 g/mol. The molecule has 0 spiro atoms. The van der Waals surface area contributed by atoms with E-state index in [-0.39, 0.29) is 24.3 Å². The molecule has 0 aliphatic carbocycles. The van der Waals surface area contributed by atoms with Crippen molar-refractivity contribution >= 4 is 17.8 Å². The van der Waals surface area contributed by atoms with Gasteiger partial charge in [-0.25, -0.2) is 4.79 Å². The summed E-state index contributed by atoms with van der Waals surface area (Å²) in [4.78, 5) is 36.3. The van der Waals surface area contributed by atoms with Crippen LogP contribution in [-0.2, 0) is 14.3 Å². The van der Waals surface area contributed by atoms with Crippen LogP contribution in [0.3, 0.4) is 0 Å². The van der Waals surface area contributed by atoms with Crippen LogP contribution in [0.1, 0.15) is 115 Å². The fourth-order valence-corrected chi connectivity index (χ4v) is 2.40. The standard InChI is InChI=1S/C13H22N2O4.C5H12.3C2H6/c1-9(16)10-6-5-7-15(10)11(17)8-14-12(18)19-13(2,3)4;1-3-5-4-2;3*1-2/h10H,5-8H2,1-4H3,(H,14,18);3-5H2,1-2H3;3*1-2H3/t10-;;;;/m0..../s1. The predicted molar refractivity (Wildman–Crippen MR) is 129 cm³/mol. The molecule has 0 aromatic rings. The number of alkyl carbamates (subject to hydrolysis) is 1. The SMILES string of the molecule is CC.CC.CC.CC(=O)[C@@H]1CCCN1C(=O)CNC(=O)OC(C)(C)C.CCCCC. The molecule has 0 aromatic heterocycles. The number of ether oxygens (including phenoxy) is 1. The van der Waals surface area contributed by atoms with Crippen molar-refractivity contribution in [2.24, 2.45) is 0 Å². The molecule has 1 aliphatic heterocycles. The first kappa shape index (κ1) is 35.8. The third-order valence-corrected chi connectivity index (χ3v) is 3.53. The number of rotatable bonds is 5. The molecular weight excluding hydrogens is 380 g/mol. The summed E-state index contributed by atoms with van der Waals surface area (Å²) in [7, 11) is 0. The molecular formula is C24H52N2O4. The van der Waals surface area contributed by atoms with E-state index in [1.807, 2.05) is 41.5 Å². The maximum Gasteiger partial charge on any atom is 0.408 e. The molecule has 1 N–H and O–H groups in total. The Morgan fingerprint density at radius 3 is 1.77 bits per heavy atom. The van der Waals surface area contributed by atoms with Crippen LogP contribution < -0.4 is 5.32 Å². The molecule has 1 rings (SSSR count). The normalized spacial score (nSPS) is 14.1. The van der Waals surface area contributed by atoms with Gasteiger partial charge in [-0.05, 0) is 40.5 Å². The lowest BCUT2D eigenvalue weighted by Gasteiger charge is -2.23. The van der Waals surface area contributed by atoms with Gasteiger partial charge in [0.1, 0.15) is 12.1 Å². The van der Waals surface area contributed by atoms with Crippen molar-refractivity contribution < 1.29 is 19.1 Å². The van der Waals surface area contributed by atoms with Crippen LogP contribution >= 0.6 is 0 Å². The van der Waals surface area contributed by atoms with Crippen LogP contribution in [0.5, 0.6) is 0 Å². The van der Waals surface area contributed by atoms with E-state index in [1.165, 1.54) is 31.1 Å². The Morgan fingerprint density at radius 1 is 0.967 bits per heavy atom. The number of nitrogens with zero attached hydrogens (tertiary/aromatic N) is 1. The first-order valence-corrected chi connectivity index (χ1v) is 11.9. The van der Waals surface area contributed by atoms with E-state index >= 15 is 0 Å². The van der Waals surface area contributed by atoms with Crippen LogP contribution in [-0.4, -0.2) is 47.4 Å². The van der Waals surface area contributed by atoms with Crippen molar-refractivity contribution in [3.8, 4) is 0 Å². The van der Waals surface area contributed by atoms with Gasteiger partial charge in [0.15, 0.2) is 5.78 Å². The Hall–Kier alpha value is -1.59. The van der Waals surface area contributed by atoms with Gasteiger partial charge in [-0.3, -0.25) is 9.59 Å². The minimum Gasteiger partial charge on any atom is -0.444 e. The van der Waals surface area contributed by atoms with Gasteiger partial charge >= 0.3 is 6.09 Å². The fourth-order valence-electron chi connectivity index (χ4n) is 2.40. The summed E-state index contributed by atoms with van der Waals surface area (Å²) in [5.74, 6) is -0.258. The molecule has 0 aromatic carbocycles. The average Bonchev–Trinajstić information content (AvgIpc) is 3.21. The second-order valence-corrected chi connectivity index (χ2v) is 7.06. The summed E-state index contributed by atoms with van der Waals surface area (Å²) in [6.07, 6.45) is 4.97. The maximum atomic E-state index is 11.9. The lowest BCUT2D eigenvalue weighted by atomic mass is 10.1. The number of carbonyl (C=O) groups excluding carboxylic acids is 3. The molecule has 2 amide bonds. The van der Waals surface area contributed by atoms with Crippen molar-refractivity contribution in [3.63, 3.8) is 0 Å². The van der Waals surface area contributed by atoms with Gasteiger partial charge in [0.25, 0.3) is 0 Å². The number of unbranched alkanes of at least 4 members (excludes halogenated alkanes) is 2. The van der Waals surface area contributed by atoms with Crippen LogP contribution in [0.25, 0.3) is 0 Å². The Bertz CT molecular complexity index is 416. The largest absolute Gasteiger partial charge is 0.444 e. The number of likely N-dealkylation sites (tertiary alicyclic amines) is 1. The zero-order valence-electron chi connectivity index (χ0n) is 22.1. The lowest BCUT2D eigenvalue weighted by molar-refractivity contribution is -0.136. The minimum atomic E-state index is -0.626. The molecule has 182 valence electrons. The van der Waals surface area contributed by atoms with Gasteiger partial charge in [0.2, 0.25) is 5.91 Å². The summed E-state index contributed by atoms with van der Waals surface area (Å²) >= 11 is 0. The molecule has 1 atom stereocenters. The number of carbonyl (C=O) groups is 3. The van der Waals surface area contributed by atoms with Gasteiger partial charge in [-0.1, -0.05) is 74.7 Å². The average molecular weight is 433 g/mol.